The van der Waals surface area contributed by atoms with E-state index in [-0.39, 0.29) is 11.4 Å². The Labute approximate surface area is 130 Å². The number of nitrogens with two attached hydrogens (primary N) is 1. The first-order valence-corrected chi connectivity index (χ1v) is 8.48. The molecule has 0 aliphatic heterocycles. The smallest absolute Gasteiger partial charge is 0.343 e. The molecule has 1 aliphatic carbocycles. The maximum atomic E-state index is 11.6. The number of nitrogen functional groups attached to an aromatic ring is 1. The average Bonchev–Trinajstić information content (AvgIpc) is 2.48. The fourth-order valence-electron chi connectivity index (χ4n) is 2.61. The zero-order valence-electron chi connectivity index (χ0n) is 12.7. The van der Waals surface area contributed by atoms with E-state index in [2.05, 4.69) is 16.9 Å². The number of nitrogens with zero attached hydrogens (tertiary/aromatic N) is 2. The Balaban J connectivity index is 1.96. The molecular formula is C15H23N3O2S. The lowest BCUT2D eigenvalue weighted by Gasteiger charge is -2.26. The summed E-state index contributed by atoms with van der Waals surface area (Å²) in [5.41, 5.74) is 6.08. The largest absolute Gasteiger partial charge is 0.462 e. The lowest BCUT2D eigenvalue weighted by molar-refractivity contribution is 0.0526. The third-order valence-electron chi connectivity index (χ3n) is 3.93. The first kappa shape index (κ1) is 16.1. The molecule has 1 aliphatic rings. The summed E-state index contributed by atoms with van der Waals surface area (Å²) in [4.78, 5) is 20.1. The molecule has 1 heterocycles. The predicted octanol–water partition coefficient (Wildman–Crippen LogP) is 3.30. The van der Waals surface area contributed by atoms with Gasteiger partial charge in [-0.15, -0.1) is 0 Å². The van der Waals surface area contributed by atoms with Crippen molar-refractivity contribution in [1.29, 1.82) is 0 Å². The maximum absolute atomic E-state index is 11.6. The van der Waals surface area contributed by atoms with Crippen LogP contribution in [0.4, 0.5) is 5.82 Å². The van der Waals surface area contributed by atoms with Gasteiger partial charge < -0.3 is 10.5 Å². The molecule has 0 saturated heterocycles. The Morgan fingerprint density at radius 1 is 1.38 bits per heavy atom. The Kier molecular flexibility index (Phi) is 5.85. The molecule has 5 nitrogen and oxygen atoms in total. The van der Waals surface area contributed by atoms with Crippen LogP contribution in [0.5, 0.6) is 0 Å². The number of aromatic nitrogens is 2. The second-order valence-corrected chi connectivity index (χ2v) is 6.61. The summed E-state index contributed by atoms with van der Waals surface area (Å²) < 4.78 is 4.92. The summed E-state index contributed by atoms with van der Waals surface area (Å²) >= 11 is 1.67. The van der Waals surface area contributed by atoms with Crippen molar-refractivity contribution >= 4 is 23.5 Å². The summed E-state index contributed by atoms with van der Waals surface area (Å²) in [6.45, 7) is 4.33. The Morgan fingerprint density at radius 3 is 2.67 bits per heavy atom. The first-order valence-electron chi connectivity index (χ1n) is 7.60. The fourth-order valence-corrected chi connectivity index (χ4v) is 3.68. The van der Waals surface area contributed by atoms with Gasteiger partial charge in [-0.3, -0.25) is 0 Å². The van der Waals surface area contributed by atoms with Gasteiger partial charge in [0.25, 0.3) is 0 Å². The zero-order valence-corrected chi connectivity index (χ0v) is 13.5. The van der Waals surface area contributed by atoms with Crippen LogP contribution >= 0.6 is 11.8 Å². The molecule has 0 atom stereocenters. The molecule has 2 rings (SSSR count). The summed E-state index contributed by atoms with van der Waals surface area (Å²) in [7, 11) is 0. The topological polar surface area (TPSA) is 78.1 Å². The molecule has 21 heavy (non-hydrogen) atoms. The second kappa shape index (κ2) is 7.64. The first-order chi connectivity index (χ1) is 10.1. The van der Waals surface area contributed by atoms with Crippen LogP contribution in [0.15, 0.2) is 11.4 Å². The van der Waals surface area contributed by atoms with E-state index in [1.165, 1.54) is 38.3 Å². The van der Waals surface area contributed by atoms with E-state index in [9.17, 15) is 4.79 Å². The van der Waals surface area contributed by atoms with E-state index in [4.69, 9.17) is 10.5 Å². The van der Waals surface area contributed by atoms with Gasteiger partial charge in [-0.05, 0) is 38.5 Å². The molecule has 116 valence electrons. The van der Waals surface area contributed by atoms with Crippen LogP contribution in [0.25, 0.3) is 0 Å². The van der Waals surface area contributed by atoms with E-state index in [1.807, 2.05) is 0 Å². The van der Waals surface area contributed by atoms with Gasteiger partial charge in [0, 0.05) is 11.4 Å². The van der Waals surface area contributed by atoms with E-state index >= 15 is 0 Å². The molecule has 0 bridgehead atoms. The minimum atomic E-state index is -0.463. The van der Waals surface area contributed by atoms with Gasteiger partial charge in [0.15, 0.2) is 5.16 Å². The lowest BCUT2D eigenvalue weighted by Crippen LogP contribution is -2.16. The minimum absolute atomic E-state index is 0.202. The number of hydrogen-bond acceptors (Lipinski definition) is 6. The van der Waals surface area contributed by atoms with E-state index in [0.29, 0.717) is 17.0 Å². The van der Waals surface area contributed by atoms with Crippen LogP contribution in [-0.2, 0) is 4.74 Å². The maximum Gasteiger partial charge on any atom is 0.343 e. The van der Waals surface area contributed by atoms with Gasteiger partial charge in [-0.1, -0.05) is 25.1 Å². The fraction of sp³-hybridized carbons (Fsp3) is 0.667. The van der Waals surface area contributed by atoms with Crippen LogP contribution in [0.1, 0.15) is 56.3 Å². The third kappa shape index (κ3) is 4.33. The Bertz CT molecular complexity index is 488. The molecule has 1 aromatic heterocycles. The normalized spacial score (nSPS) is 22.0. The van der Waals surface area contributed by atoms with Crippen LogP contribution in [-0.4, -0.2) is 27.8 Å². The standard InChI is InChI=1S/C15H23N3O2S/c1-3-10-5-7-11(8-6-10)21-15-17-9-12(13(16)18-15)14(19)20-4-2/h9-11H,3-8H2,1-2H3,(H2,16,17,18). The molecule has 1 saturated carbocycles. The highest BCUT2D eigenvalue weighted by molar-refractivity contribution is 7.99. The molecule has 0 aromatic carbocycles. The van der Waals surface area contributed by atoms with E-state index in [1.54, 1.807) is 18.7 Å². The van der Waals surface area contributed by atoms with Crippen LogP contribution in [0.2, 0.25) is 0 Å². The van der Waals surface area contributed by atoms with Crippen molar-refractivity contribution in [3.05, 3.63) is 11.8 Å². The molecule has 2 N–H and O–H groups in total. The van der Waals surface area contributed by atoms with Crippen molar-refractivity contribution in [1.82, 2.24) is 9.97 Å². The molecule has 0 spiro atoms. The van der Waals surface area contributed by atoms with Gasteiger partial charge in [0.1, 0.15) is 11.4 Å². The highest BCUT2D eigenvalue weighted by Crippen LogP contribution is 2.35. The molecule has 0 radical (unpaired) electrons. The van der Waals surface area contributed by atoms with Crippen LogP contribution < -0.4 is 5.73 Å². The summed E-state index contributed by atoms with van der Waals surface area (Å²) in [5, 5.41) is 1.21. The number of carbonyl (C=O) groups is 1. The minimum Gasteiger partial charge on any atom is -0.462 e. The van der Waals surface area contributed by atoms with E-state index < -0.39 is 5.97 Å². The van der Waals surface area contributed by atoms with Crippen molar-refractivity contribution < 1.29 is 9.53 Å². The average molecular weight is 309 g/mol. The monoisotopic (exact) mass is 309 g/mol. The van der Waals surface area contributed by atoms with Gasteiger partial charge >= 0.3 is 5.97 Å². The summed E-state index contributed by atoms with van der Waals surface area (Å²) in [6, 6.07) is 0. The second-order valence-electron chi connectivity index (χ2n) is 5.34. The number of hydrogen-bond donors (Lipinski definition) is 1. The van der Waals surface area contributed by atoms with Gasteiger partial charge in [0.2, 0.25) is 0 Å². The lowest BCUT2D eigenvalue weighted by atomic mass is 9.87. The van der Waals surface area contributed by atoms with Crippen molar-refractivity contribution in [2.75, 3.05) is 12.3 Å². The van der Waals surface area contributed by atoms with Crippen molar-refractivity contribution in [3.63, 3.8) is 0 Å². The van der Waals surface area contributed by atoms with Gasteiger partial charge in [-0.2, -0.15) is 0 Å². The zero-order chi connectivity index (χ0) is 15.2. The highest BCUT2D eigenvalue weighted by atomic mass is 32.2. The van der Waals surface area contributed by atoms with Crippen LogP contribution in [0, 0.1) is 5.92 Å². The molecule has 0 unspecified atom stereocenters. The number of carbonyl (C=O) groups excluding carboxylic acids is 1. The number of esters is 1. The third-order valence-corrected chi connectivity index (χ3v) is 5.15. The van der Waals surface area contributed by atoms with Crippen molar-refractivity contribution in [2.24, 2.45) is 5.92 Å². The van der Waals surface area contributed by atoms with Crippen LogP contribution in [0.3, 0.4) is 0 Å². The summed E-state index contributed by atoms with van der Waals surface area (Å²) in [6.07, 6.45) is 7.71. The number of anilines is 1. The molecule has 0 amide bonds. The van der Waals surface area contributed by atoms with Crippen molar-refractivity contribution in [2.45, 2.75) is 56.4 Å². The van der Waals surface area contributed by atoms with Gasteiger partial charge in [0.05, 0.1) is 6.61 Å². The summed E-state index contributed by atoms with van der Waals surface area (Å²) in [5.74, 6) is 0.613. The molecular weight excluding hydrogens is 286 g/mol. The van der Waals surface area contributed by atoms with Crippen molar-refractivity contribution in [3.8, 4) is 0 Å². The SMILES string of the molecule is CCOC(=O)c1cnc(SC2CCC(CC)CC2)nc1N. The predicted molar refractivity (Wildman–Crippen MR) is 84.3 cm³/mol. The quantitative estimate of drug-likeness (QED) is 0.664. The van der Waals surface area contributed by atoms with E-state index in [0.717, 1.165) is 5.92 Å². The molecule has 1 fully saturated rings. The number of ether oxygens (including phenoxy) is 1. The number of rotatable bonds is 5. The highest BCUT2D eigenvalue weighted by Gasteiger charge is 2.22. The molecule has 1 aromatic rings. The van der Waals surface area contributed by atoms with Gasteiger partial charge in [-0.25, -0.2) is 14.8 Å². The Hall–Kier alpha value is -1.30. The Morgan fingerprint density at radius 2 is 2.10 bits per heavy atom. The number of thioether (sulfide) groups is 1. The molecule has 6 heteroatoms.